The Hall–Kier alpha value is -2.67. The van der Waals surface area contributed by atoms with E-state index in [1.165, 1.54) is 31.1 Å². The van der Waals surface area contributed by atoms with Crippen molar-refractivity contribution in [3.8, 4) is 11.5 Å². The van der Waals surface area contributed by atoms with E-state index in [-0.39, 0.29) is 11.6 Å². The summed E-state index contributed by atoms with van der Waals surface area (Å²) in [7, 11) is 0. The van der Waals surface area contributed by atoms with Gasteiger partial charge in [0.1, 0.15) is 23.0 Å². The van der Waals surface area contributed by atoms with Crippen LogP contribution >= 0.6 is 15.9 Å². The molecule has 1 aliphatic carbocycles. The van der Waals surface area contributed by atoms with Gasteiger partial charge in [0.2, 0.25) is 5.91 Å². The fourth-order valence-electron chi connectivity index (χ4n) is 3.48. The molecular weight excluding hydrogens is 453 g/mol. The quantitative estimate of drug-likeness (QED) is 0.466. The first kappa shape index (κ1) is 22.0. The molecule has 0 spiro atoms. The number of rotatable bonds is 8. The number of carbonyl (C=O) groups is 2. The lowest BCUT2D eigenvalue weighted by molar-refractivity contribution is -0.134. The van der Waals surface area contributed by atoms with Crippen molar-refractivity contribution < 1.29 is 23.8 Å². The van der Waals surface area contributed by atoms with E-state index in [9.17, 15) is 19.1 Å². The highest BCUT2D eigenvalue weighted by Crippen LogP contribution is 2.31. The summed E-state index contributed by atoms with van der Waals surface area (Å²) >= 11 is 3.30. The first-order valence-corrected chi connectivity index (χ1v) is 10.7. The van der Waals surface area contributed by atoms with Crippen LogP contribution in [0, 0.1) is 11.7 Å². The molecule has 0 saturated heterocycles. The van der Waals surface area contributed by atoms with E-state index in [0.29, 0.717) is 33.9 Å². The zero-order valence-corrected chi connectivity index (χ0v) is 18.0. The Labute approximate surface area is 183 Å². The minimum absolute atomic E-state index is 0.173. The first-order valence-electron chi connectivity index (χ1n) is 9.88. The summed E-state index contributed by atoms with van der Waals surface area (Å²) < 4.78 is 19.6. The zero-order chi connectivity index (χ0) is 21.5. The average Bonchev–Trinajstić information content (AvgIpc) is 3.24. The molecule has 0 heterocycles. The van der Waals surface area contributed by atoms with Crippen LogP contribution in [0.4, 0.5) is 4.39 Å². The average molecular weight is 476 g/mol. The predicted molar refractivity (Wildman–Crippen MR) is 116 cm³/mol. The van der Waals surface area contributed by atoms with Crippen molar-refractivity contribution in [1.29, 1.82) is 0 Å². The molecule has 0 aromatic heterocycles. The van der Waals surface area contributed by atoms with Crippen LogP contribution in [0.1, 0.15) is 44.1 Å². The highest BCUT2D eigenvalue weighted by atomic mass is 79.9. The lowest BCUT2D eigenvalue weighted by atomic mass is 10.0. The molecule has 0 unspecified atom stereocenters. The molecule has 2 aromatic rings. The molecule has 0 aliphatic heterocycles. The Bertz CT molecular complexity index is 937. The standard InChI is InChI=1S/C23H23BrFNO4/c24-19-11-8-17(25)14-21(19)30-18-9-5-16(6-10-18)13-20(23(28)29)26-22(27)12-7-15-3-1-2-4-15/h5-6,8-11,13-15H,1-4,7,12H2,(H,26,27)(H,28,29). The largest absolute Gasteiger partial charge is 0.477 e. The van der Waals surface area contributed by atoms with Crippen molar-refractivity contribution in [2.45, 2.75) is 38.5 Å². The molecule has 1 amide bonds. The van der Waals surface area contributed by atoms with Gasteiger partial charge in [0.05, 0.1) is 4.47 Å². The molecule has 2 aromatic carbocycles. The SMILES string of the molecule is O=C(CCC1CCCC1)NC(=Cc1ccc(Oc2cc(F)ccc2Br)cc1)C(=O)O. The van der Waals surface area contributed by atoms with E-state index in [1.54, 1.807) is 30.3 Å². The van der Waals surface area contributed by atoms with Crippen LogP contribution in [0.5, 0.6) is 11.5 Å². The lowest BCUT2D eigenvalue weighted by Gasteiger charge is -2.10. The lowest BCUT2D eigenvalue weighted by Crippen LogP contribution is -2.27. The van der Waals surface area contributed by atoms with E-state index in [1.807, 2.05) is 0 Å². The number of aliphatic carboxylic acids is 1. The van der Waals surface area contributed by atoms with Gasteiger partial charge in [-0.05, 0) is 64.2 Å². The Morgan fingerprint density at radius 2 is 1.87 bits per heavy atom. The normalized spacial score (nSPS) is 14.5. The fraction of sp³-hybridized carbons (Fsp3) is 0.304. The van der Waals surface area contributed by atoms with Gasteiger partial charge in [-0.25, -0.2) is 9.18 Å². The Morgan fingerprint density at radius 3 is 2.53 bits per heavy atom. The van der Waals surface area contributed by atoms with E-state index >= 15 is 0 Å². The summed E-state index contributed by atoms with van der Waals surface area (Å²) in [6.45, 7) is 0. The van der Waals surface area contributed by atoms with Crippen molar-refractivity contribution in [1.82, 2.24) is 5.32 Å². The van der Waals surface area contributed by atoms with Crippen molar-refractivity contribution in [2.75, 3.05) is 0 Å². The summed E-state index contributed by atoms with van der Waals surface area (Å²) in [5.41, 5.74) is 0.419. The van der Waals surface area contributed by atoms with Crippen molar-refractivity contribution >= 4 is 33.9 Å². The maximum atomic E-state index is 13.4. The third-order valence-corrected chi connectivity index (χ3v) is 5.73. The first-order chi connectivity index (χ1) is 14.4. The van der Waals surface area contributed by atoms with Gasteiger partial charge in [0.25, 0.3) is 0 Å². The van der Waals surface area contributed by atoms with Crippen LogP contribution < -0.4 is 10.1 Å². The van der Waals surface area contributed by atoms with Gasteiger partial charge in [-0.15, -0.1) is 0 Å². The topological polar surface area (TPSA) is 75.6 Å². The fourth-order valence-corrected chi connectivity index (χ4v) is 3.81. The summed E-state index contributed by atoms with van der Waals surface area (Å²) in [5, 5.41) is 11.9. The summed E-state index contributed by atoms with van der Waals surface area (Å²) in [4.78, 5) is 23.7. The number of carboxylic acid groups (broad SMARTS) is 1. The van der Waals surface area contributed by atoms with Gasteiger partial charge in [-0.2, -0.15) is 0 Å². The van der Waals surface area contributed by atoms with E-state index in [4.69, 9.17) is 4.74 Å². The smallest absolute Gasteiger partial charge is 0.352 e. The zero-order valence-electron chi connectivity index (χ0n) is 16.4. The molecule has 0 bridgehead atoms. The highest BCUT2D eigenvalue weighted by Gasteiger charge is 2.17. The Morgan fingerprint density at radius 1 is 1.17 bits per heavy atom. The number of benzene rings is 2. The molecule has 1 saturated carbocycles. The number of carbonyl (C=O) groups excluding carboxylic acids is 1. The van der Waals surface area contributed by atoms with Gasteiger partial charge in [0.15, 0.2) is 0 Å². The maximum Gasteiger partial charge on any atom is 0.352 e. The molecule has 7 heteroatoms. The van der Waals surface area contributed by atoms with E-state index in [0.717, 1.165) is 19.3 Å². The summed E-state index contributed by atoms with van der Waals surface area (Å²) in [5.74, 6) is -0.532. The molecule has 2 N–H and O–H groups in total. The van der Waals surface area contributed by atoms with Gasteiger partial charge in [0, 0.05) is 12.5 Å². The molecule has 0 radical (unpaired) electrons. The molecule has 0 atom stereocenters. The molecular formula is C23H23BrFNO4. The third kappa shape index (κ3) is 6.42. The molecule has 3 rings (SSSR count). The second-order valence-electron chi connectivity index (χ2n) is 7.35. The van der Waals surface area contributed by atoms with Gasteiger partial charge in [-0.3, -0.25) is 4.79 Å². The monoisotopic (exact) mass is 475 g/mol. The van der Waals surface area contributed by atoms with Crippen LogP contribution in [0.3, 0.4) is 0 Å². The minimum Gasteiger partial charge on any atom is -0.477 e. The Kier molecular flexibility index (Phi) is 7.63. The Balaban J connectivity index is 1.63. The maximum absolute atomic E-state index is 13.4. The summed E-state index contributed by atoms with van der Waals surface area (Å²) in [6, 6.07) is 10.7. The van der Waals surface area contributed by atoms with Crippen LogP contribution in [0.2, 0.25) is 0 Å². The predicted octanol–water partition coefficient (Wildman–Crippen LogP) is 5.89. The van der Waals surface area contributed by atoms with Crippen molar-refractivity contribution in [3.63, 3.8) is 0 Å². The number of hydrogen-bond acceptors (Lipinski definition) is 3. The highest BCUT2D eigenvalue weighted by molar-refractivity contribution is 9.10. The van der Waals surface area contributed by atoms with E-state index < -0.39 is 11.8 Å². The molecule has 30 heavy (non-hydrogen) atoms. The summed E-state index contributed by atoms with van der Waals surface area (Å²) in [6.07, 6.45) is 7.23. The second kappa shape index (κ2) is 10.4. The van der Waals surface area contributed by atoms with Crippen LogP contribution in [0.25, 0.3) is 6.08 Å². The van der Waals surface area contributed by atoms with E-state index in [2.05, 4.69) is 21.2 Å². The van der Waals surface area contributed by atoms with Crippen LogP contribution in [-0.4, -0.2) is 17.0 Å². The van der Waals surface area contributed by atoms with Crippen molar-refractivity contribution in [3.05, 3.63) is 64.0 Å². The molecule has 5 nitrogen and oxygen atoms in total. The van der Waals surface area contributed by atoms with Gasteiger partial charge < -0.3 is 15.2 Å². The van der Waals surface area contributed by atoms with Crippen molar-refractivity contribution in [2.24, 2.45) is 5.92 Å². The second-order valence-corrected chi connectivity index (χ2v) is 8.20. The molecule has 1 fully saturated rings. The minimum atomic E-state index is -1.20. The van der Waals surface area contributed by atoms with Crippen LogP contribution in [-0.2, 0) is 9.59 Å². The van der Waals surface area contributed by atoms with Gasteiger partial charge in [-0.1, -0.05) is 37.8 Å². The molecule has 158 valence electrons. The number of carboxylic acids is 1. The number of halogens is 2. The number of amides is 1. The third-order valence-electron chi connectivity index (χ3n) is 5.07. The number of hydrogen-bond donors (Lipinski definition) is 2. The van der Waals surface area contributed by atoms with Gasteiger partial charge >= 0.3 is 5.97 Å². The number of ether oxygens (including phenoxy) is 1. The molecule has 1 aliphatic rings. The number of nitrogens with one attached hydrogen (secondary N) is 1. The van der Waals surface area contributed by atoms with Crippen LogP contribution in [0.15, 0.2) is 52.6 Å².